The molecule has 3 rings (SSSR count). The number of aromatic nitrogens is 2. The summed E-state index contributed by atoms with van der Waals surface area (Å²) in [4.78, 5) is 8.20. The van der Waals surface area contributed by atoms with Crippen LogP contribution in [-0.2, 0) is 6.18 Å². The maximum atomic E-state index is 13.4. The smallest absolute Gasteiger partial charge is 0.340 e. The van der Waals surface area contributed by atoms with Crippen LogP contribution in [0.15, 0.2) is 42.6 Å². The fraction of sp³-hybridized carbons (Fsp3) is 0.143. The largest absolute Gasteiger partial charge is 0.418 e. The zero-order valence-electron chi connectivity index (χ0n) is 16.0. The molecular weight excluding hydrogens is 393 g/mol. The Morgan fingerprint density at radius 2 is 1.57 bits per heavy atom. The molecule has 0 spiro atoms. The number of nitrogens with one attached hydrogen (secondary N) is 2. The molecule has 150 valence electrons. The number of benzene rings is 2. The van der Waals surface area contributed by atoms with Crippen molar-refractivity contribution in [2.75, 3.05) is 10.6 Å². The van der Waals surface area contributed by atoms with Crippen LogP contribution in [0.25, 0.3) is 0 Å². The van der Waals surface area contributed by atoms with Gasteiger partial charge in [0.2, 0.25) is 5.95 Å². The molecule has 0 aliphatic heterocycles. The second kappa shape index (κ2) is 8.10. The first-order chi connectivity index (χ1) is 14.2. The standard InChI is InChI=1S/C21H15F3N6/c1-12-7-15(11-26)8-13(2)19(12)29-18-5-6-27-20(30-18)28-17-4-3-14(10-25)9-16(17)21(22,23)24/h3-9H,1-2H3,(H2,27,28,29,30). The zero-order chi connectivity index (χ0) is 21.9. The van der Waals surface area contributed by atoms with Crippen LogP contribution >= 0.6 is 0 Å². The van der Waals surface area contributed by atoms with Gasteiger partial charge >= 0.3 is 6.18 Å². The first-order valence-corrected chi connectivity index (χ1v) is 8.71. The van der Waals surface area contributed by atoms with E-state index in [2.05, 4.69) is 26.7 Å². The lowest BCUT2D eigenvalue weighted by molar-refractivity contribution is -0.136. The second-order valence-corrected chi connectivity index (χ2v) is 6.48. The number of anilines is 4. The van der Waals surface area contributed by atoms with Crippen LogP contribution in [0.1, 0.15) is 27.8 Å². The number of hydrogen-bond acceptors (Lipinski definition) is 6. The molecule has 6 nitrogen and oxygen atoms in total. The van der Waals surface area contributed by atoms with Crippen LogP contribution in [0.4, 0.5) is 36.3 Å². The van der Waals surface area contributed by atoms with Gasteiger partial charge in [-0.1, -0.05) is 0 Å². The third-order valence-corrected chi connectivity index (χ3v) is 4.27. The van der Waals surface area contributed by atoms with Crippen LogP contribution in [-0.4, -0.2) is 9.97 Å². The Labute approximate surface area is 170 Å². The molecule has 3 aromatic rings. The molecule has 0 radical (unpaired) electrons. The fourth-order valence-electron chi connectivity index (χ4n) is 2.92. The van der Waals surface area contributed by atoms with Gasteiger partial charge in [0.15, 0.2) is 0 Å². The van der Waals surface area contributed by atoms with Crippen molar-refractivity contribution in [2.24, 2.45) is 0 Å². The van der Waals surface area contributed by atoms with Crippen molar-refractivity contribution in [3.63, 3.8) is 0 Å². The maximum absolute atomic E-state index is 13.4. The van der Waals surface area contributed by atoms with Gasteiger partial charge in [0.05, 0.1) is 34.5 Å². The Kier molecular flexibility index (Phi) is 5.56. The van der Waals surface area contributed by atoms with E-state index >= 15 is 0 Å². The minimum Gasteiger partial charge on any atom is -0.340 e. The van der Waals surface area contributed by atoms with Gasteiger partial charge in [-0.25, -0.2) is 4.98 Å². The third kappa shape index (κ3) is 4.47. The number of alkyl halides is 3. The third-order valence-electron chi connectivity index (χ3n) is 4.27. The van der Waals surface area contributed by atoms with Crippen molar-refractivity contribution < 1.29 is 13.2 Å². The lowest BCUT2D eigenvalue weighted by atomic mass is 10.0. The second-order valence-electron chi connectivity index (χ2n) is 6.48. The molecule has 0 aliphatic carbocycles. The van der Waals surface area contributed by atoms with E-state index < -0.39 is 11.7 Å². The molecule has 1 aromatic heterocycles. The van der Waals surface area contributed by atoms with Crippen molar-refractivity contribution in [2.45, 2.75) is 20.0 Å². The summed E-state index contributed by atoms with van der Waals surface area (Å²) in [5, 5.41) is 23.6. The molecule has 30 heavy (non-hydrogen) atoms. The molecule has 0 bridgehead atoms. The topological polar surface area (TPSA) is 97.4 Å². The highest BCUT2D eigenvalue weighted by Gasteiger charge is 2.34. The maximum Gasteiger partial charge on any atom is 0.418 e. The molecule has 0 fully saturated rings. The first kappa shape index (κ1) is 20.6. The monoisotopic (exact) mass is 408 g/mol. The molecule has 0 saturated carbocycles. The van der Waals surface area contributed by atoms with Crippen LogP contribution in [0.5, 0.6) is 0 Å². The van der Waals surface area contributed by atoms with E-state index in [0.29, 0.717) is 11.4 Å². The van der Waals surface area contributed by atoms with Crippen LogP contribution in [0, 0.1) is 36.5 Å². The van der Waals surface area contributed by atoms with Gasteiger partial charge in [-0.2, -0.15) is 28.7 Å². The normalized spacial score (nSPS) is 10.8. The summed E-state index contributed by atoms with van der Waals surface area (Å²) in [6, 6.07) is 12.0. The van der Waals surface area contributed by atoms with Crippen molar-refractivity contribution in [1.82, 2.24) is 9.97 Å². The van der Waals surface area contributed by atoms with E-state index in [0.717, 1.165) is 22.9 Å². The van der Waals surface area contributed by atoms with E-state index in [4.69, 9.17) is 10.5 Å². The lowest BCUT2D eigenvalue weighted by Crippen LogP contribution is -2.10. The van der Waals surface area contributed by atoms with E-state index in [-0.39, 0.29) is 17.2 Å². The van der Waals surface area contributed by atoms with E-state index in [9.17, 15) is 13.2 Å². The van der Waals surface area contributed by atoms with Crippen LogP contribution < -0.4 is 10.6 Å². The molecule has 0 atom stereocenters. The quantitative estimate of drug-likeness (QED) is 0.605. The SMILES string of the molecule is Cc1cc(C#N)cc(C)c1Nc1ccnc(Nc2ccc(C#N)cc2C(F)(F)F)n1. The molecule has 0 unspecified atom stereocenters. The Morgan fingerprint density at radius 1 is 0.900 bits per heavy atom. The number of aryl methyl sites for hydroxylation is 2. The number of rotatable bonds is 4. The van der Waals surface area contributed by atoms with Crippen molar-refractivity contribution >= 4 is 23.1 Å². The molecule has 9 heteroatoms. The number of hydrogen-bond donors (Lipinski definition) is 2. The predicted octanol–water partition coefficient (Wildman–Crippen LogP) is 5.34. The summed E-state index contributed by atoms with van der Waals surface area (Å²) in [7, 11) is 0. The zero-order valence-corrected chi connectivity index (χ0v) is 16.0. The minimum absolute atomic E-state index is 0.0424. The van der Waals surface area contributed by atoms with Crippen molar-refractivity contribution in [3.8, 4) is 12.1 Å². The van der Waals surface area contributed by atoms with Gasteiger partial charge in [-0.05, 0) is 61.4 Å². The highest BCUT2D eigenvalue weighted by atomic mass is 19.4. The molecule has 2 aromatic carbocycles. The van der Waals surface area contributed by atoms with Crippen molar-refractivity contribution in [3.05, 3.63) is 70.4 Å². The van der Waals surface area contributed by atoms with Gasteiger partial charge < -0.3 is 10.6 Å². The highest BCUT2D eigenvalue weighted by molar-refractivity contribution is 5.67. The summed E-state index contributed by atoms with van der Waals surface area (Å²) in [6.45, 7) is 3.67. The van der Waals surface area contributed by atoms with E-state index in [1.807, 2.05) is 13.8 Å². The Bertz CT molecular complexity index is 1170. The summed E-state index contributed by atoms with van der Waals surface area (Å²) in [5.74, 6) is 0.324. The van der Waals surface area contributed by atoms with Crippen molar-refractivity contribution in [1.29, 1.82) is 10.5 Å². The Balaban J connectivity index is 1.91. The summed E-state index contributed by atoms with van der Waals surface area (Å²) in [6.07, 6.45) is -3.25. The molecule has 0 saturated heterocycles. The van der Waals surface area contributed by atoms with Gasteiger partial charge in [-0.3, -0.25) is 0 Å². The summed E-state index contributed by atoms with van der Waals surface area (Å²) < 4.78 is 40.1. The Morgan fingerprint density at radius 3 is 2.17 bits per heavy atom. The van der Waals surface area contributed by atoms with E-state index in [1.165, 1.54) is 18.3 Å². The predicted molar refractivity (Wildman–Crippen MR) is 105 cm³/mol. The lowest BCUT2D eigenvalue weighted by Gasteiger charge is -2.15. The minimum atomic E-state index is -4.65. The molecule has 1 heterocycles. The van der Waals surface area contributed by atoms with Gasteiger partial charge in [0.25, 0.3) is 0 Å². The molecule has 0 amide bonds. The average molecular weight is 408 g/mol. The number of nitrogens with zero attached hydrogens (tertiary/aromatic N) is 4. The highest BCUT2D eigenvalue weighted by Crippen LogP contribution is 2.36. The average Bonchev–Trinajstić information content (AvgIpc) is 2.70. The van der Waals surface area contributed by atoms with Gasteiger partial charge in [0.1, 0.15) is 5.82 Å². The Hall–Kier alpha value is -4.11. The molecular formula is C21H15F3N6. The fourth-order valence-corrected chi connectivity index (χ4v) is 2.92. The molecule has 0 aliphatic rings. The van der Waals surface area contributed by atoms with Gasteiger partial charge in [0, 0.05) is 11.9 Å². The first-order valence-electron chi connectivity index (χ1n) is 8.71. The summed E-state index contributed by atoms with van der Waals surface area (Å²) in [5.41, 5.74) is 1.58. The van der Waals surface area contributed by atoms with Crippen LogP contribution in [0.2, 0.25) is 0 Å². The number of halogens is 3. The van der Waals surface area contributed by atoms with Crippen LogP contribution in [0.3, 0.4) is 0 Å². The summed E-state index contributed by atoms with van der Waals surface area (Å²) >= 11 is 0. The number of nitriles is 2. The van der Waals surface area contributed by atoms with Gasteiger partial charge in [-0.15, -0.1) is 0 Å². The molecule has 2 N–H and O–H groups in total. The van der Waals surface area contributed by atoms with E-state index in [1.54, 1.807) is 24.3 Å².